The Morgan fingerprint density at radius 1 is 1.11 bits per heavy atom. The van der Waals surface area contributed by atoms with Gasteiger partial charge in [-0.3, -0.25) is 0 Å². The van der Waals surface area contributed by atoms with E-state index < -0.39 is 5.97 Å². The van der Waals surface area contributed by atoms with E-state index in [1.807, 2.05) is 6.07 Å². The first-order chi connectivity index (χ1) is 9.22. The molecule has 96 valence electrons. The normalized spacial score (nSPS) is 13.1. The molecule has 1 aromatic heterocycles. The minimum absolute atomic E-state index is 0.0560. The number of carbonyl (C=O) groups is 1. The van der Waals surface area contributed by atoms with Crippen molar-refractivity contribution in [3.8, 4) is 0 Å². The molecule has 0 amide bonds. The van der Waals surface area contributed by atoms with Gasteiger partial charge in [0.1, 0.15) is 0 Å². The molecule has 5 nitrogen and oxygen atoms in total. The van der Waals surface area contributed by atoms with Crippen LogP contribution < -0.4 is 5.32 Å². The summed E-state index contributed by atoms with van der Waals surface area (Å²) in [4.78, 5) is 10.7. The summed E-state index contributed by atoms with van der Waals surface area (Å²) in [5.41, 5.74) is 3.69. The number of hydrogen-bond acceptors (Lipinski definition) is 4. The third-order valence-electron chi connectivity index (χ3n) is 3.25. The van der Waals surface area contributed by atoms with Crippen LogP contribution in [0, 0.1) is 0 Å². The molecule has 19 heavy (non-hydrogen) atoms. The fourth-order valence-corrected chi connectivity index (χ4v) is 2.31. The largest absolute Gasteiger partial charge is 0.476 e. The molecule has 1 heterocycles. The van der Waals surface area contributed by atoms with E-state index in [4.69, 9.17) is 5.11 Å². The lowest BCUT2D eigenvalue weighted by Crippen LogP contribution is -2.03. The fraction of sp³-hybridized carbons (Fsp3) is 0.214. The molecule has 1 aliphatic carbocycles. The SMILES string of the molecule is O=C(O)c1ccc(Nc2ccc3c(c2)CCC3)nn1. The van der Waals surface area contributed by atoms with Gasteiger partial charge in [0.05, 0.1) is 0 Å². The number of hydrogen-bond donors (Lipinski definition) is 2. The minimum atomic E-state index is -1.07. The number of aromatic nitrogens is 2. The first-order valence-corrected chi connectivity index (χ1v) is 6.18. The van der Waals surface area contributed by atoms with Gasteiger partial charge in [-0.2, -0.15) is 0 Å². The smallest absolute Gasteiger partial charge is 0.356 e. The molecular formula is C14H13N3O2. The molecule has 0 spiro atoms. The van der Waals surface area contributed by atoms with Crippen molar-refractivity contribution in [3.05, 3.63) is 47.2 Å². The lowest BCUT2D eigenvalue weighted by Gasteiger charge is -2.07. The van der Waals surface area contributed by atoms with Crippen LogP contribution in [0.5, 0.6) is 0 Å². The summed E-state index contributed by atoms with van der Waals surface area (Å²) in [6.07, 6.45) is 3.49. The molecule has 5 heteroatoms. The number of aromatic carboxylic acids is 1. The molecule has 0 radical (unpaired) electrons. The molecule has 0 saturated carbocycles. The summed E-state index contributed by atoms with van der Waals surface area (Å²) < 4.78 is 0. The zero-order chi connectivity index (χ0) is 13.2. The Morgan fingerprint density at radius 2 is 1.95 bits per heavy atom. The predicted molar refractivity (Wildman–Crippen MR) is 70.7 cm³/mol. The molecule has 2 aromatic rings. The topological polar surface area (TPSA) is 75.1 Å². The highest BCUT2D eigenvalue weighted by Crippen LogP contribution is 2.26. The quantitative estimate of drug-likeness (QED) is 0.880. The van der Waals surface area contributed by atoms with Gasteiger partial charge < -0.3 is 10.4 Å². The van der Waals surface area contributed by atoms with Gasteiger partial charge in [-0.05, 0) is 54.7 Å². The molecule has 0 bridgehead atoms. The number of carboxylic acids is 1. The maximum atomic E-state index is 10.7. The van der Waals surface area contributed by atoms with Gasteiger partial charge in [0.2, 0.25) is 0 Å². The highest BCUT2D eigenvalue weighted by Gasteiger charge is 2.11. The second-order valence-electron chi connectivity index (χ2n) is 4.57. The standard InChI is InChI=1S/C14H13N3O2/c18-14(19)12-6-7-13(17-16-12)15-11-5-4-9-2-1-3-10(9)8-11/h4-8H,1-3H2,(H,15,17)(H,18,19). The van der Waals surface area contributed by atoms with E-state index in [0.29, 0.717) is 5.82 Å². The molecular weight excluding hydrogens is 242 g/mol. The summed E-state index contributed by atoms with van der Waals surface area (Å²) in [7, 11) is 0. The Hall–Kier alpha value is -2.43. The van der Waals surface area contributed by atoms with Gasteiger partial charge in [-0.25, -0.2) is 4.79 Å². The third-order valence-corrected chi connectivity index (χ3v) is 3.25. The summed E-state index contributed by atoms with van der Waals surface area (Å²) in [5, 5.41) is 19.4. The van der Waals surface area contributed by atoms with Gasteiger partial charge in [0.15, 0.2) is 11.5 Å². The molecule has 0 saturated heterocycles. The second kappa shape index (κ2) is 4.68. The molecule has 0 aliphatic heterocycles. The average Bonchev–Trinajstić information content (AvgIpc) is 2.87. The van der Waals surface area contributed by atoms with E-state index in [1.165, 1.54) is 23.6 Å². The first-order valence-electron chi connectivity index (χ1n) is 6.18. The Labute approximate surface area is 110 Å². The Bertz CT molecular complexity index is 623. The van der Waals surface area contributed by atoms with Gasteiger partial charge in [-0.1, -0.05) is 6.07 Å². The highest BCUT2D eigenvalue weighted by atomic mass is 16.4. The van der Waals surface area contributed by atoms with Gasteiger partial charge in [0, 0.05) is 5.69 Å². The van der Waals surface area contributed by atoms with Gasteiger partial charge in [-0.15, -0.1) is 10.2 Å². The minimum Gasteiger partial charge on any atom is -0.476 e. The maximum absolute atomic E-state index is 10.7. The van der Waals surface area contributed by atoms with E-state index in [-0.39, 0.29) is 5.69 Å². The number of benzene rings is 1. The molecule has 1 aromatic carbocycles. The Morgan fingerprint density at radius 3 is 2.68 bits per heavy atom. The number of nitrogens with one attached hydrogen (secondary N) is 1. The average molecular weight is 255 g/mol. The van der Waals surface area contributed by atoms with Crippen molar-refractivity contribution in [3.63, 3.8) is 0 Å². The van der Waals surface area contributed by atoms with E-state index in [1.54, 1.807) is 6.07 Å². The maximum Gasteiger partial charge on any atom is 0.356 e. The van der Waals surface area contributed by atoms with Crippen molar-refractivity contribution in [1.29, 1.82) is 0 Å². The van der Waals surface area contributed by atoms with Crippen LogP contribution in [0.1, 0.15) is 28.0 Å². The van der Waals surface area contributed by atoms with Crippen LogP contribution in [0.25, 0.3) is 0 Å². The predicted octanol–water partition coefficient (Wildman–Crippen LogP) is 2.41. The Kier molecular flexibility index (Phi) is 2.87. The van der Waals surface area contributed by atoms with Crippen LogP contribution >= 0.6 is 0 Å². The number of carboxylic acid groups (broad SMARTS) is 1. The zero-order valence-corrected chi connectivity index (χ0v) is 10.3. The zero-order valence-electron chi connectivity index (χ0n) is 10.3. The van der Waals surface area contributed by atoms with Crippen LogP contribution in [0.15, 0.2) is 30.3 Å². The monoisotopic (exact) mass is 255 g/mol. The second-order valence-corrected chi connectivity index (χ2v) is 4.57. The van der Waals surface area contributed by atoms with E-state index >= 15 is 0 Å². The molecule has 0 fully saturated rings. The third kappa shape index (κ3) is 2.40. The number of anilines is 2. The van der Waals surface area contributed by atoms with Crippen LogP contribution in [0.2, 0.25) is 0 Å². The number of aryl methyl sites for hydroxylation is 2. The Balaban J connectivity index is 1.79. The summed E-state index contributed by atoms with van der Waals surface area (Å²) in [5.74, 6) is -0.528. The fourth-order valence-electron chi connectivity index (χ4n) is 2.31. The molecule has 0 atom stereocenters. The summed E-state index contributed by atoms with van der Waals surface area (Å²) in [6.45, 7) is 0. The van der Waals surface area contributed by atoms with E-state index in [9.17, 15) is 4.79 Å². The van der Waals surface area contributed by atoms with Crippen molar-refractivity contribution in [2.45, 2.75) is 19.3 Å². The van der Waals surface area contributed by atoms with E-state index in [0.717, 1.165) is 18.5 Å². The van der Waals surface area contributed by atoms with Crippen LogP contribution in [-0.4, -0.2) is 21.3 Å². The van der Waals surface area contributed by atoms with Crippen molar-refractivity contribution in [1.82, 2.24) is 10.2 Å². The first kappa shape index (κ1) is 11.6. The number of nitrogens with zero attached hydrogens (tertiary/aromatic N) is 2. The van der Waals surface area contributed by atoms with Gasteiger partial charge >= 0.3 is 5.97 Å². The van der Waals surface area contributed by atoms with E-state index in [2.05, 4.69) is 27.6 Å². The molecule has 3 rings (SSSR count). The van der Waals surface area contributed by atoms with Crippen molar-refractivity contribution in [2.24, 2.45) is 0 Å². The number of fused-ring (bicyclic) bond motifs is 1. The van der Waals surface area contributed by atoms with Crippen LogP contribution in [-0.2, 0) is 12.8 Å². The summed E-state index contributed by atoms with van der Waals surface area (Å²) in [6, 6.07) is 9.31. The number of rotatable bonds is 3. The lowest BCUT2D eigenvalue weighted by atomic mass is 10.1. The van der Waals surface area contributed by atoms with Crippen LogP contribution in [0.4, 0.5) is 11.5 Å². The van der Waals surface area contributed by atoms with Crippen LogP contribution in [0.3, 0.4) is 0 Å². The summed E-state index contributed by atoms with van der Waals surface area (Å²) >= 11 is 0. The van der Waals surface area contributed by atoms with Crippen molar-refractivity contribution >= 4 is 17.5 Å². The molecule has 1 aliphatic rings. The van der Waals surface area contributed by atoms with Crippen molar-refractivity contribution in [2.75, 3.05) is 5.32 Å². The molecule has 0 unspecified atom stereocenters. The lowest BCUT2D eigenvalue weighted by molar-refractivity contribution is 0.0689. The van der Waals surface area contributed by atoms with Crippen molar-refractivity contribution < 1.29 is 9.90 Å². The van der Waals surface area contributed by atoms with Gasteiger partial charge in [0.25, 0.3) is 0 Å². The molecule has 2 N–H and O–H groups in total. The highest BCUT2D eigenvalue weighted by molar-refractivity contribution is 5.85.